The van der Waals surface area contributed by atoms with Gasteiger partial charge in [-0.1, -0.05) is 25.4 Å². The van der Waals surface area contributed by atoms with Crippen molar-refractivity contribution in [3.05, 3.63) is 22.2 Å². The first-order valence-electron chi connectivity index (χ1n) is 6.72. The van der Waals surface area contributed by atoms with E-state index in [1.54, 1.807) is 14.2 Å². The van der Waals surface area contributed by atoms with Gasteiger partial charge in [-0.2, -0.15) is 0 Å². The highest BCUT2D eigenvalue weighted by Gasteiger charge is 2.25. The van der Waals surface area contributed by atoms with Crippen LogP contribution in [0.5, 0.6) is 11.5 Å². The molecule has 0 fully saturated rings. The zero-order chi connectivity index (χ0) is 14.0. The molecule has 0 spiro atoms. The summed E-state index contributed by atoms with van der Waals surface area (Å²) in [7, 11) is 3.27. The fourth-order valence-corrected chi connectivity index (χ4v) is 3.09. The molecule has 0 amide bonds. The summed E-state index contributed by atoms with van der Waals surface area (Å²) in [6.45, 7) is 5.33. The lowest BCUT2D eigenvalue weighted by molar-refractivity contribution is 0.350. The Morgan fingerprint density at radius 3 is 2.68 bits per heavy atom. The Labute approximate surface area is 120 Å². The zero-order valence-electron chi connectivity index (χ0n) is 12.0. The number of halogens is 1. The standard InChI is InChI=1S/C15H22ClNO2/c1-9(2)5-11-7-12-10(8-17-11)6-13(18-3)15(19-4)14(12)16/h6,9,11,17H,5,7-8H2,1-4H3. The Balaban J connectivity index is 2.33. The highest BCUT2D eigenvalue weighted by atomic mass is 35.5. The molecule has 1 aromatic rings. The minimum Gasteiger partial charge on any atom is -0.493 e. The van der Waals surface area contributed by atoms with Crippen LogP contribution in [0.15, 0.2) is 6.07 Å². The van der Waals surface area contributed by atoms with Gasteiger partial charge in [0.15, 0.2) is 11.5 Å². The second-order valence-corrected chi connectivity index (χ2v) is 5.85. The van der Waals surface area contributed by atoms with Gasteiger partial charge in [0.25, 0.3) is 0 Å². The van der Waals surface area contributed by atoms with Crippen molar-refractivity contribution in [3.8, 4) is 11.5 Å². The van der Waals surface area contributed by atoms with E-state index >= 15 is 0 Å². The summed E-state index contributed by atoms with van der Waals surface area (Å²) in [6, 6.07) is 2.52. The van der Waals surface area contributed by atoms with Crippen LogP contribution in [0.2, 0.25) is 5.02 Å². The van der Waals surface area contributed by atoms with Crippen molar-refractivity contribution in [3.63, 3.8) is 0 Å². The van der Waals surface area contributed by atoms with Crippen LogP contribution < -0.4 is 14.8 Å². The van der Waals surface area contributed by atoms with Crippen LogP contribution in [-0.2, 0) is 13.0 Å². The van der Waals surface area contributed by atoms with E-state index in [1.807, 2.05) is 6.07 Å². The maximum atomic E-state index is 6.48. The topological polar surface area (TPSA) is 30.5 Å². The molecule has 19 heavy (non-hydrogen) atoms. The lowest BCUT2D eigenvalue weighted by atomic mass is 9.90. The van der Waals surface area contributed by atoms with Gasteiger partial charge in [0.2, 0.25) is 0 Å². The monoisotopic (exact) mass is 283 g/mol. The van der Waals surface area contributed by atoms with Crippen molar-refractivity contribution in [2.45, 2.75) is 39.3 Å². The lowest BCUT2D eigenvalue weighted by Gasteiger charge is -2.29. The maximum absolute atomic E-state index is 6.48. The molecule has 106 valence electrons. The molecule has 1 aliphatic heterocycles. The fraction of sp³-hybridized carbons (Fsp3) is 0.600. The number of nitrogens with one attached hydrogen (secondary N) is 1. The Morgan fingerprint density at radius 2 is 2.11 bits per heavy atom. The van der Waals surface area contributed by atoms with E-state index < -0.39 is 0 Å². The molecule has 1 aromatic carbocycles. The molecule has 3 nitrogen and oxygen atoms in total. The van der Waals surface area contributed by atoms with Crippen molar-refractivity contribution in [1.29, 1.82) is 0 Å². The van der Waals surface area contributed by atoms with Crippen molar-refractivity contribution in [1.82, 2.24) is 5.32 Å². The second kappa shape index (κ2) is 6.02. The van der Waals surface area contributed by atoms with Crippen LogP contribution in [-0.4, -0.2) is 20.3 Å². The third-order valence-electron chi connectivity index (χ3n) is 3.59. The number of rotatable bonds is 4. The van der Waals surface area contributed by atoms with E-state index in [2.05, 4.69) is 19.2 Å². The van der Waals surface area contributed by atoms with Gasteiger partial charge in [-0.3, -0.25) is 0 Å². The minimum atomic E-state index is 0.489. The van der Waals surface area contributed by atoms with Gasteiger partial charge in [0, 0.05) is 12.6 Å². The highest BCUT2D eigenvalue weighted by molar-refractivity contribution is 6.33. The van der Waals surface area contributed by atoms with E-state index in [0.717, 1.165) is 19.4 Å². The van der Waals surface area contributed by atoms with Crippen molar-refractivity contribution < 1.29 is 9.47 Å². The highest BCUT2D eigenvalue weighted by Crippen LogP contribution is 2.41. The summed E-state index contributed by atoms with van der Waals surface area (Å²) in [5.41, 5.74) is 2.41. The molecular weight excluding hydrogens is 262 g/mol. The van der Waals surface area contributed by atoms with Gasteiger partial charge in [-0.05, 0) is 36.0 Å². The Kier molecular flexibility index (Phi) is 4.58. The van der Waals surface area contributed by atoms with E-state index in [1.165, 1.54) is 11.1 Å². The Hall–Kier alpha value is -0.930. The molecule has 2 rings (SSSR count). The van der Waals surface area contributed by atoms with Crippen molar-refractivity contribution >= 4 is 11.6 Å². The van der Waals surface area contributed by atoms with Gasteiger partial charge in [0.05, 0.1) is 19.2 Å². The van der Waals surface area contributed by atoms with Gasteiger partial charge in [0.1, 0.15) is 0 Å². The molecule has 0 radical (unpaired) electrons. The minimum absolute atomic E-state index is 0.489. The van der Waals surface area contributed by atoms with Crippen LogP contribution in [0.1, 0.15) is 31.4 Å². The first-order valence-corrected chi connectivity index (χ1v) is 7.10. The second-order valence-electron chi connectivity index (χ2n) is 5.48. The van der Waals surface area contributed by atoms with Crippen LogP contribution in [0.3, 0.4) is 0 Å². The molecule has 0 saturated heterocycles. The van der Waals surface area contributed by atoms with E-state index in [4.69, 9.17) is 21.1 Å². The molecule has 0 aliphatic carbocycles. The third-order valence-corrected chi connectivity index (χ3v) is 3.99. The molecule has 1 aliphatic rings. The van der Waals surface area contributed by atoms with Crippen molar-refractivity contribution in [2.75, 3.05) is 14.2 Å². The number of hydrogen-bond donors (Lipinski definition) is 1. The number of benzene rings is 1. The third kappa shape index (κ3) is 2.98. The molecule has 1 heterocycles. The number of hydrogen-bond acceptors (Lipinski definition) is 3. The fourth-order valence-electron chi connectivity index (χ4n) is 2.73. The summed E-state index contributed by atoms with van der Waals surface area (Å²) in [6.07, 6.45) is 2.11. The van der Waals surface area contributed by atoms with E-state index in [0.29, 0.717) is 28.5 Å². The summed E-state index contributed by atoms with van der Waals surface area (Å²) < 4.78 is 10.7. The largest absolute Gasteiger partial charge is 0.493 e. The van der Waals surface area contributed by atoms with Crippen molar-refractivity contribution in [2.24, 2.45) is 5.92 Å². The zero-order valence-corrected chi connectivity index (χ0v) is 12.8. The molecule has 4 heteroatoms. The number of ether oxygens (including phenoxy) is 2. The molecule has 0 saturated carbocycles. The predicted molar refractivity (Wildman–Crippen MR) is 78.3 cm³/mol. The van der Waals surface area contributed by atoms with Gasteiger partial charge >= 0.3 is 0 Å². The molecule has 1 N–H and O–H groups in total. The number of fused-ring (bicyclic) bond motifs is 1. The first kappa shape index (κ1) is 14.5. The van der Waals surface area contributed by atoms with Gasteiger partial charge < -0.3 is 14.8 Å². The van der Waals surface area contributed by atoms with Gasteiger partial charge in [-0.15, -0.1) is 0 Å². The summed E-state index contributed by atoms with van der Waals surface area (Å²) in [5.74, 6) is 2.03. The lowest BCUT2D eigenvalue weighted by Crippen LogP contribution is -2.36. The summed E-state index contributed by atoms with van der Waals surface area (Å²) in [5, 5.41) is 4.27. The smallest absolute Gasteiger partial charge is 0.179 e. The number of methoxy groups -OCH3 is 2. The molecule has 1 atom stereocenters. The summed E-state index contributed by atoms with van der Waals surface area (Å²) in [4.78, 5) is 0. The quantitative estimate of drug-likeness (QED) is 0.918. The average Bonchev–Trinajstić information content (AvgIpc) is 2.38. The first-order chi connectivity index (χ1) is 9.06. The van der Waals surface area contributed by atoms with Gasteiger partial charge in [-0.25, -0.2) is 0 Å². The molecule has 0 bridgehead atoms. The molecule has 1 unspecified atom stereocenters. The van der Waals surface area contributed by atoms with Crippen LogP contribution in [0.25, 0.3) is 0 Å². The SMILES string of the molecule is COc1cc2c(c(Cl)c1OC)CC(CC(C)C)NC2. The van der Waals surface area contributed by atoms with Crippen LogP contribution in [0, 0.1) is 5.92 Å². The van der Waals surface area contributed by atoms with E-state index in [-0.39, 0.29) is 0 Å². The maximum Gasteiger partial charge on any atom is 0.179 e. The normalized spacial score (nSPS) is 18.3. The Morgan fingerprint density at radius 1 is 1.37 bits per heavy atom. The molecular formula is C15H22ClNO2. The average molecular weight is 284 g/mol. The molecule has 0 aromatic heterocycles. The Bertz CT molecular complexity index is 460. The summed E-state index contributed by atoms with van der Waals surface area (Å²) >= 11 is 6.48. The van der Waals surface area contributed by atoms with Crippen LogP contribution >= 0.6 is 11.6 Å². The van der Waals surface area contributed by atoms with E-state index in [9.17, 15) is 0 Å². The predicted octanol–water partition coefficient (Wildman–Crippen LogP) is 3.42. The van der Waals surface area contributed by atoms with Crippen LogP contribution in [0.4, 0.5) is 0 Å².